The first-order valence-corrected chi connectivity index (χ1v) is 11.8. The second-order valence-electron chi connectivity index (χ2n) is 7.87. The number of hydrogen-bond donors (Lipinski definition) is 2. The molecule has 0 aromatic heterocycles. The molecule has 2 N–H and O–H groups in total. The third-order valence-electron chi connectivity index (χ3n) is 4.78. The van der Waals surface area contributed by atoms with Gasteiger partial charge >= 0.3 is 0 Å². The van der Waals surface area contributed by atoms with E-state index in [-0.39, 0.29) is 29.4 Å². The van der Waals surface area contributed by atoms with Crippen molar-refractivity contribution >= 4 is 15.9 Å². The smallest absolute Gasteiger partial charge is 0.258 e. The number of hydrogen-bond acceptors (Lipinski definition) is 6. The fourth-order valence-corrected chi connectivity index (χ4v) is 4.24. The monoisotopic (exact) mass is 464 g/mol. The largest absolute Gasteiger partial charge is 0.493 e. The lowest BCUT2D eigenvalue weighted by atomic mass is 10.1. The minimum atomic E-state index is -3.59. The Morgan fingerprint density at radius 2 is 1.62 bits per heavy atom. The van der Waals surface area contributed by atoms with Gasteiger partial charge in [0.1, 0.15) is 5.75 Å². The molecule has 2 aromatic rings. The highest BCUT2D eigenvalue weighted by molar-refractivity contribution is 7.89. The van der Waals surface area contributed by atoms with Crippen LogP contribution < -0.4 is 24.2 Å². The van der Waals surface area contributed by atoms with E-state index in [0.717, 1.165) is 5.56 Å². The summed E-state index contributed by atoms with van der Waals surface area (Å²) in [6, 6.07) is 9.72. The van der Waals surface area contributed by atoms with Crippen LogP contribution in [0.1, 0.15) is 37.9 Å². The molecular weight excluding hydrogens is 432 g/mol. The van der Waals surface area contributed by atoms with Gasteiger partial charge in [-0.05, 0) is 61.2 Å². The molecule has 0 unspecified atom stereocenters. The summed E-state index contributed by atoms with van der Waals surface area (Å²) in [7, 11) is -0.472. The second-order valence-corrected chi connectivity index (χ2v) is 9.63. The van der Waals surface area contributed by atoms with E-state index in [2.05, 4.69) is 10.0 Å². The Balaban J connectivity index is 1.98. The first-order valence-electron chi connectivity index (χ1n) is 10.3. The van der Waals surface area contributed by atoms with E-state index in [9.17, 15) is 13.2 Å². The maximum absolute atomic E-state index is 12.4. The molecule has 0 fully saturated rings. The number of benzene rings is 2. The zero-order valence-electron chi connectivity index (χ0n) is 19.4. The maximum Gasteiger partial charge on any atom is 0.258 e. The van der Waals surface area contributed by atoms with Gasteiger partial charge in [0.05, 0.1) is 25.2 Å². The Morgan fingerprint density at radius 3 is 2.22 bits per heavy atom. The second kappa shape index (κ2) is 11.2. The zero-order valence-corrected chi connectivity index (χ0v) is 20.2. The molecule has 2 aromatic carbocycles. The molecule has 9 heteroatoms. The van der Waals surface area contributed by atoms with E-state index in [1.54, 1.807) is 39.3 Å². The lowest BCUT2D eigenvalue weighted by molar-refractivity contribution is -0.123. The summed E-state index contributed by atoms with van der Waals surface area (Å²) in [5.74, 6) is 1.53. The van der Waals surface area contributed by atoms with Gasteiger partial charge in [-0.2, -0.15) is 0 Å². The van der Waals surface area contributed by atoms with Gasteiger partial charge in [0, 0.05) is 6.54 Å². The minimum absolute atomic E-state index is 0.162. The van der Waals surface area contributed by atoms with E-state index >= 15 is 0 Å². The summed E-state index contributed by atoms with van der Waals surface area (Å²) < 4.78 is 43.5. The van der Waals surface area contributed by atoms with E-state index in [0.29, 0.717) is 29.4 Å². The van der Waals surface area contributed by atoms with Crippen LogP contribution in [0.3, 0.4) is 0 Å². The Hall–Kier alpha value is -2.78. The van der Waals surface area contributed by atoms with Crippen molar-refractivity contribution in [3.63, 3.8) is 0 Å². The molecule has 1 atom stereocenters. The van der Waals surface area contributed by atoms with Gasteiger partial charge in [0.15, 0.2) is 18.1 Å². The van der Waals surface area contributed by atoms with Crippen LogP contribution in [0.15, 0.2) is 41.3 Å². The molecule has 0 saturated carbocycles. The van der Waals surface area contributed by atoms with E-state index in [4.69, 9.17) is 14.2 Å². The van der Waals surface area contributed by atoms with Crippen molar-refractivity contribution in [3.8, 4) is 17.2 Å². The van der Waals surface area contributed by atoms with Gasteiger partial charge in [0.2, 0.25) is 10.0 Å². The molecule has 0 bridgehead atoms. The van der Waals surface area contributed by atoms with E-state index in [1.807, 2.05) is 26.8 Å². The maximum atomic E-state index is 12.4. The fraction of sp³-hybridized carbons (Fsp3) is 0.435. The normalized spacial score (nSPS) is 12.3. The van der Waals surface area contributed by atoms with Crippen LogP contribution in [-0.4, -0.2) is 41.7 Å². The quantitative estimate of drug-likeness (QED) is 0.529. The van der Waals surface area contributed by atoms with Gasteiger partial charge in [-0.15, -0.1) is 0 Å². The third-order valence-corrected chi connectivity index (χ3v) is 6.20. The highest BCUT2D eigenvalue weighted by Crippen LogP contribution is 2.30. The van der Waals surface area contributed by atoms with Crippen LogP contribution in [0.5, 0.6) is 17.2 Å². The highest BCUT2D eigenvalue weighted by Gasteiger charge is 2.17. The molecular formula is C23H32N2O6S. The van der Waals surface area contributed by atoms with Gasteiger partial charge in [-0.3, -0.25) is 4.79 Å². The number of aryl methyl sites for hydroxylation is 1. The van der Waals surface area contributed by atoms with Crippen LogP contribution in [0.4, 0.5) is 0 Å². The number of methoxy groups -OCH3 is 2. The van der Waals surface area contributed by atoms with Crippen LogP contribution >= 0.6 is 0 Å². The highest BCUT2D eigenvalue weighted by atomic mass is 32.2. The zero-order chi connectivity index (χ0) is 23.9. The molecule has 0 aliphatic carbocycles. The predicted octanol–water partition coefficient (Wildman–Crippen LogP) is 3.20. The third kappa shape index (κ3) is 6.86. The van der Waals surface area contributed by atoms with Crippen molar-refractivity contribution in [3.05, 3.63) is 47.5 Å². The topological polar surface area (TPSA) is 103 Å². The standard InChI is InChI=1S/C23H32N2O6S/c1-15(2)13-24-32(27,28)19-8-10-20(16(3)11-19)31-14-23(26)25-17(4)18-7-9-21(29-5)22(12-18)30-6/h7-12,15,17,24H,13-14H2,1-6H3,(H,25,26)/t17-/m1/s1. The fourth-order valence-electron chi connectivity index (χ4n) is 2.94. The van der Waals surface area contributed by atoms with Gasteiger partial charge in [0.25, 0.3) is 5.91 Å². The summed E-state index contributed by atoms with van der Waals surface area (Å²) in [5, 5.41) is 2.87. The molecule has 1 amide bonds. The molecule has 0 heterocycles. The van der Waals surface area contributed by atoms with Gasteiger partial charge in [-0.1, -0.05) is 19.9 Å². The minimum Gasteiger partial charge on any atom is -0.493 e. The molecule has 0 aliphatic rings. The molecule has 0 spiro atoms. The van der Waals surface area contributed by atoms with Crippen LogP contribution in [0.2, 0.25) is 0 Å². The Bertz CT molecular complexity index is 1040. The average Bonchev–Trinajstić information content (AvgIpc) is 2.76. The molecule has 8 nitrogen and oxygen atoms in total. The average molecular weight is 465 g/mol. The Morgan fingerprint density at radius 1 is 0.969 bits per heavy atom. The van der Waals surface area contributed by atoms with Crippen molar-refractivity contribution < 1.29 is 27.4 Å². The van der Waals surface area contributed by atoms with Gasteiger partial charge < -0.3 is 19.5 Å². The van der Waals surface area contributed by atoms with Crippen molar-refractivity contribution in [1.29, 1.82) is 0 Å². The van der Waals surface area contributed by atoms with E-state index < -0.39 is 10.0 Å². The number of carbonyl (C=O) groups excluding carboxylic acids is 1. The Kier molecular flexibility index (Phi) is 8.91. The Labute approximate surface area is 190 Å². The van der Waals surface area contributed by atoms with Crippen molar-refractivity contribution in [2.45, 2.75) is 38.6 Å². The number of nitrogens with one attached hydrogen (secondary N) is 2. The van der Waals surface area contributed by atoms with E-state index in [1.165, 1.54) is 12.1 Å². The lowest BCUT2D eigenvalue weighted by Gasteiger charge is -2.17. The first kappa shape index (κ1) is 25.5. The summed E-state index contributed by atoms with van der Waals surface area (Å²) >= 11 is 0. The summed E-state index contributed by atoms with van der Waals surface area (Å²) in [4.78, 5) is 12.5. The summed E-state index contributed by atoms with van der Waals surface area (Å²) in [5.41, 5.74) is 1.48. The lowest BCUT2D eigenvalue weighted by Crippen LogP contribution is -2.31. The van der Waals surface area contributed by atoms with Crippen LogP contribution in [0.25, 0.3) is 0 Å². The molecule has 32 heavy (non-hydrogen) atoms. The number of rotatable bonds is 11. The predicted molar refractivity (Wildman–Crippen MR) is 123 cm³/mol. The first-order chi connectivity index (χ1) is 15.1. The number of amides is 1. The number of sulfonamides is 1. The summed E-state index contributed by atoms with van der Waals surface area (Å²) in [6.45, 7) is 7.62. The molecule has 0 saturated heterocycles. The number of ether oxygens (including phenoxy) is 3. The number of carbonyl (C=O) groups is 1. The van der Waals surface area contributed by atoms with Crippen LogP contribution in [-0.2, 0) is 14.8 Å². The van der Waals surface area contributed by atoms with Gasteiger partial charge in [-0.25, -0.2) is 13.1 Å². The summed E-state index contributed by atoms with van der Waals surface area (Å²) in [6.07, 6.45) is 0. The SMILES string of the molecule is COc1ccc([C@@H](C)NC(=O)COc2ccc(S(=O)(=O)NCC(C)C)cc2C)cc1OC. The van der Waals surface area contributed by atoms with Crippen molar-refractivity contribution in [2.24, 2.45) is 5.92 Å². The molecule has 0 radical (unpaired) electrons. The van der Waals surface area contributed by atoms with Crippen molar-refractivity contribution in [2.75, 3.05) is 27.4 Å². The molecule has 0 aliphatic heterocycles. The van der Waals surface area contributed by atoms with Crippen LogP contribution in [0, 0.1) is 12.8 Å². The molecule has 2 rings (SSSR count). The van der Waals surface area contributed by atoms with Crippen molar-refractivity contribution in [1.82, 2.24) is 10.0 Å². The molecule has 176 valence electrons.